The van der Waals surface area contributed by atoms with Gasteiger partial charge in [0.05, 0.1) is 11.4 Å². The number of aryl methyl sites for hydroxylation is 2. The number of fused-ring (bicyclic) bond motifs is 1. The molecular weight excluding hydrogens is 282 g/mol. The molecule has 0 radical (unpaired) electrons. The van der Waals surface area contributed by atoms with Crippen molar-refractivity contribution in [1.29, 1.82) is 0 Å². The highest BCUT2D eigenvalue weighted by Crippen LogP contribution is 2.17. The molecule has 2 N–H and O–H groups in total. The summed E-state index contributed by atoms with van der Waals surface area (Å²) >= 11 is 1.65. The van der Waals surface area contributed by atoms with Gasteiger partial charge in [-0.1, -0.05) is 0 Å². The fraction of sp³-hybridized carbons (Fsp3) is 0.467. The summed E-state index contributed by atoms with van der Waals surface area (Å²) in [5.41, 5.74) is 11.0. The molecule has 112 valence electrons. The van der Waals surface area contributed by atoms with Crippen LogP contribution in [-0.4, -0.2) is 25.2 Å². The molecule has 5 nitrogen and oxygen atoms in total. The number of hydrogen-bond acceptors (Lipinski definition) is 4. The van der Waals surface area contributed by atoms with Gasteiger partial charge in [0.2, 0.25) is 0 Å². The molecule has 3 heterocycles. The van der Waals surface area contributed by atoms with Crippen molar-refractivity contribution in [3.8, 4) is 0 Å². The van der Waals surface area contributed by atoms with E-state index in [1.807, 2.05) is 23.3 Å². The normalized spacial score (nSPS) is 13.1. The van der Waals surface area contributed by atoms with E-state index in [1.165, 1.54) is 11.3 Å². The molecule has 3 aromatic rings. The van der Waals surface area contributed by atoms with E-state index in [1.54, 1.807) is 11.3 Å². The molecule has 0 bridgehead atoms. The first-order valence-corrected chi connectivity index (χ1v) is 8.08. The zero-order valence-corrected chi connectivity index (χ0v) is 13.5. The zero-order chi connectivity index (χ0) is 15.0. The first kappa shape index (κ1) is 14.3. The maximum atomic E-state index is 6.28. The molecule has 0 aliphatic rings. The van der Waals surface area contributed by atoms with E-state index < -0.39 is 0 Å². The van der Waals surface area contributed by atoms with Crippen LogP contribution in [0.25, 0.3) is 4.96 Å². The van der Waals surface area contributed by atoms with Gasteiger partial charge in [0.15, 0.2) is 4.96 Å². The molecular formula is C15H21N5S. The Hall–Kier alpha value is -1.66. The third kappa shape index (κ3) is 2.87. The van der Waals surface area contributed by atoms with E-state index in [0.717, 1.165) is 35.6 Å². The monoisotopic (exact) mass is 303 g/mol. The first-order valence-electron chi connectivity index (χ1n) is 7.20. The zero-order valence-electron chi connectivity index (χ0n) is 12.7. The second-order valence-electron chi connectivity index (χ2n) is 5.60. The standard InChI is InChI=1S/C15H21N5S/c1-10-14(11(2)19(3)18-10)5-4-12(16)8-13-9-20-6-7-21-15(20)17-13/h6-7,9,12H,4-5,8,16H2,1-3H3. The second-order valence-corrected chi connectivity index (χ2v) is 6.47. The summed E-state index contributed by atoms with van der Waals surface area (Å²) in [6.07, 6.45) is 6.87. The van der Waals surface area contributed by atoms with Crippen molar-refractivity contribution in [2.24, 2.45) is 12.8 Å². The third-order valence-electron chi connectivity index (χ3n) is 4.04. The van der Waals surface area contributed by atoms with Crippen LogP contribution in [0.3, 0.4) is 0 Å². The van der Waals surface area contributed by atoms with Crippen molar-refractivity contribution in [2.45, 2.75) is 39.2 Å². The first-order chi connectivity index (χ1) is 10.0. The van der Waals surface area contributed by atoms with Crippen LogP contribution in [0.15, 0.2) is 17.8 Å². The number of nitrogens with two attached hydrogens (primary N) is 1. The maximum absolute atomic E-state index is 6.28. The lowest BCUT2D eigenvalue weighted by Gasteiger charge is -2.10. The Morgan fingerprint density at radius 1 is 1.38 bits per heavy atom. The Balaban J connectivity index is 1.61. The van der Waals surface area contributed by atoms with Crippen LogP contribution in [0.5, 0.6) is 0 Å². The minimum Gasteiger partial charge on any atom is -0.327 e. The average molecular weight is 303 g/mol. The van der Waals surface area contributed by atoms with Crippen LogP contribution in [0.2, 0.25) is 0 Å². The van der Waals surface area contributed by atoms with E-state index in [0.29, 0.717) is 0 Å². The number of thiazole rings is 1. The molecule has 3 aromatic heterocycles. The summed E-state index contributed by atoms with van der Waals surface area (Å²) in [5, 5.41) is 6.50. The number of rotatable bonds is 5. The molecule has 0 saturated heterocycles. The lowest BCUT2D eigenvalue weighted by atomic mass is 10.0. The molecule has 6 heteroatoms. The Morgan fingerprint density at radius 3 is 2.86 bits per heavy atom. The van der Waals surface area contributed by atoms with Gasteiger partial charge in [-0.05, 0) is 32.3 Å². The van der Waals surface area contributed by atoms with Crippen LogP contribution < -0.4 is 5.73 Å². The highest BCUT2D eigenvalue weighted by molar-refractivity contribution is 7.15. The van der Waals surface area contributed by atoms with Crippen molar-refractivity contribution in [2.75, 3.05) is 0 Å². The highest BCUT2D eigenvalue weighted by Gasteiger charge is 2.13. The smallest absolute Gasteiger partial charge is 0.193 e. The van der Waals surface area contributed by atoms with Gasteiger partial charge in [0.1, 0.15) is 0 Å². The van der Waals surface area contributed by atoms with Gasteiger partial charge in [0.25, 0.3) is 0 Å². The molecule has 0 fully saturated rings. The maximum Gasteiger partial charge on any atom is 0.193 e. The van der Waals surface area contributed by atoms with Crippen LogP contribution in [-0.2, 0) is 19.9 Å². The van der Waals surface area contributed by atoms with Gasteiger partial charge in [-0.3, -0.25) is 9.08 Å². The molecule has 0 aromatic carbocycles. The third-order valence-corrected chi connectivity index (χ3v) is 4.81. The quantitative estimate of drug-likeness (QED) is 0.786. The molecule has 1 unspecified atom stereocenters. The van der Waals surface area contributed by atoms with Crippen LogP contribution in [0.4, 0.5) is 0 Å². The summed E-state index contributed by atoms with van der Waals surface area (Å²) < 4.78 is 4.00. The van der Waals surface area contributed by atoms with Crippen molar-refractivity contribution in [3.05, 3.63) is 40.4 Å². The van der Waals surface area contributed by atoms with Crippen molar-refractivity contribution in [3.63, 3.8) is 0 Å². The minimum atomic E-state index is 0.133. The van der Waals surface area contributed by atoms with Gasteiger partial charge in [-0.15, -0.1) is 11.3 Å². The van der Waals surface area contributed by atoms with E-state index in [4.69, 9.17) is 5.73 Å². The van der Waals surface area contributed by atoms with Gasteiger partial charge >= 0.3 is 0 Å². The Kier molecular flexibility index (Phi) is 3.82. The lowest BCUT2D eigenvalue weighted by molar-refractivity contribution is 0.602. The number of nitrogens with zero attached hydrogens (tertiary/aromatic N) is 4. The van der Waals surface area contributed by atoms with Gasteiger partial charge in [0, 0.05) is 43.0 Å². The van der Waals surface area contributed by atoms with Crippen LogP contribution >= 0.6 is 11.3 Å². The molecule has 1 atom stereocenters. The molecule has 3 rings (SSSR count). The summed E-state index contributed by atoms with van der Waals surface area (Å²) in [7, 11) is 1.99. The topological polar surface area (TPSA) is 61.1 Å². The van der Waals surface area contributed by atoms with E-state index in [9.17, 15) is 0 Å². The average Bonchev–Trinajstić information content (AvgIpc) is 3.04. The van der Waals surface area contributed by atoms with Gasteiger partial charge in [-0.25, -0.2) is 4.98 Å². The number of hydrogen-bond donors (Lipinski definition) is 1. The molecule has 0 aliphatic carbocycles. The molecule has 0 aliphatic heterocycles. The molecule has 0 spiro atoms. The molecule has 0 saturated carbocycles. The minimum absolute atomic E-state index is 0.133. The summed E-state index contributed by atoms with van der Waals surface area (Å²) in [4.78, 5) is 5.63. The Labute approximate surface area is 128 Å². The SMILES string of the molecule is Cc1nn(C)c(C)c1CCC(N)Cc1cn2ccsc2n1. The van der Waals surface area contributed by atoms with E-state index >= 15 is 0 Å². The van der Waals surface area contributed by atoms with Crippen molar-refractivity contribution in [1.82, 2.24) is 19.2 Å². The summed E-state index contributed by atoms with van der Waals surface area (Å²) in [5.74, 6) is 0. The number of aromatic nitrogens is 4. The Morgan fingerprint density at radius 2 is 2.19 bits per heavy atom. The summed E-state index contributed by atoms with van der Waals surface area (Å²) in [6, 6.07) is 0.133. The van der Waals surface area contributed by atoms with Crippen molar-refractivity contribution >= 4 is 16.3 Å². The molecule has 21 heavy (non-hydrogen) atoms. The Bertz CT molecular complexity index is 723. The molecule has 0 amide bonds. The van der Waals surface area contributed by atoms with Crippen LogP contribution in [0.1, 0.15) is 29.1 Å². The lowest BCUT2D eigenvalue weighted by Crippen LogP contribution is -2.23. The largest absolute Gasteiger partial charge is 0.327 e. The highest BCUT2D eigenvalue weighted by atomic mass is 32.1. The van der Waals surface area contributed by atoms with Gasteiger partial charge in [-0.2, -0.15) is 5.10 Å². The second kappa shape index (κ2) is 5.61. The predicted octanol–water partition coefficient (Wildman–Crippen LogP) is 2.25. The van der Waals surface area contributed by atoms with Crippen molar-refractivity contribution < 1.29 is 0 Å². The van der Waals surface area contributed by atoms with Crippen LogP contribution in [0, 0.1) is 13.8 Å². The van der Waals surface area contributed by atoms with Gasteiger partial charge < -0.3 is 5.73 Å². The fourth-order valence-electron chi connectivity index (χ4n) is 2.75. The fourth-order valence-corrected chi connectivity index (χ4v) is 3.47. The predicted molar refractivity (Wildman–Crippen MR) is 85.8 cm³/mol. The summed E-state index contributed by atoms with van der Waals surface area (Å²) in [6.45, 7) is 4.18. The number of imidazole rings is 1. The van der Waals surface area contributed by atoms with E-state index in [-0.39, 0.29) is 6.04 Å². The van der Waals surface area contributed by atoms with E-state index in [2.05, 4.69) is 34.5 Å².